The first-order chi connectivity index (χ1) is 12.7. The van der Waals surface area contributed by atoms with E-state index in [1.54, 1.807) is 18.7 Å². The van der Waals surface area contributed by atoms with Crippen LogP contribution in [0.1, 0.15) is 36.1 Å². The van der Waals surface area contributed by atoms with Gasteiger partial charge in [-0.2, -0.15) is 0 Å². The van der Waals surface area contributed by atoms with E-state index in [4.69, 9.17) is 0 Å². The molecule has 5 nitrogen and oxygen atoms in total. The maximum absolute atomic E-state index is 12.8. The average molecular weight is 389 g/mol. The SMILES string of the molecule is CCc1ccccc1N(CCNS(=O)(=O)c1c(C)cc(C)cc1C)C(C)=O. The molecule has 0 fully saturated rings. The Labute approximate surface area is 162 Å². The van der Waals surface area contributed by atoms with Gasteiger partial charge in [-0.05, 0) is 49.9 Å². The number of hydrogen-bond donors (Lipinski definition) is 1. The molecule has 0 aliphatic heterocycles. The van der Waals surface area contributed by atoms with E-state index in [0.29, 0.717) is 4.90 Å². The number of anilines is 1. The van der Waals surface area contributed by atoms with Crippen LogP contribution in [0.3, 0.4) is 0 Å². The van der Waals surface area contributed by atoms with Crippen LogP contribution in [-0.4, -0.2) is 27.4 Å². The van der Waals surface area contributed by atoms with Crippen LogP contribution >= 0.6 is 0 Å². The third-order valence-electron chi connectivity index (χ3n) is 4.54. The highest BCUT2D eigenvalue weighted by Crippen LogP contribution is 2.23. The van der Waals surface area contributed by atoms with Crippen molar-refractivity contribution in [1.29, 1.82) is 0 Å². The van der Waals surface area contributed by atoms with Crippen LogP contribution in [0, 0.1) is 20.8 Å². The summed E-state index contributed by atoms with van der Waals surface area (Å²) in [6, 6.07) is 11.4. The van der Waals surface area contributed by atoms with Crippen LogP contribution in [0.2, 0.25) is 0 Å². The zero-order valence-corrected chi connectivity index (χ0v) is 17.5. The maximum atomic E-state index is 12.8. The Balaban J connectivity index is 2.19. The zero-order chi connectivity index (χ0) is 20.2. The lowest BCUT2D eigenvalue weighted by Crippen LogP contribution is -2.38. The third-order valence-corrected chi connectivity index (χ3v) is 6.31. The van der Waals surface area contributed by atoms with Gasteiger partial charge in [-0.3, -0.25) is 4.79 Å². The summed E-state index contributed by atoms with van der Waals surface area (Å²) < 4.78 is 28.2. The number of para-hydroxylation sites is 1. The number of amides is 1. The van der Waals surface area contributed by atoms with E-state index >= 15 is 0 Å². The number of benzene rings is 2. The van der Waals surface area contributed by atoms with Crippen LogP contribution in [0.15, 0.2) is 41.3 Å². The van der Waals surface area contributed by atoms with Crippen molar-refractivity contribution in [3.05, 3.63) is 58.7 Å². The quantitative estimate of drug-likeness (QED) is 0.789. The molecule has 0 unspecified atom stereocenters. The summed E-state index contributed by atoms with van der Waals surface area (Å²) in [7, 11) is -3.65. The second-order valence-electron chi connectivity index (χ2n) is 6.78. The Hall–Kier alpha value is -2.18. The van der Waals surface area contributed by atoms with Crippen molar-refractivity contribution in [1.82, 2.24) is 4.72 Å². The third kappa shape index (κ3) is 4.96. The number of nitrogens with one attached hydrogen (secondary N) is 1. The molecule has 0 spiro atoms. The van der Waals surface area contributed by atoms with Crippen LogP contribution in [0.25, 0.3) is 0 Å². The number of rotatable bonds is 7. The summed E-state index contributed by atoms with van der Waals surface area (Å²) in [6.45, 7) is 9.49. The molecule has 146 valence electrons. The normalized spacial score (nSPS) is 11.4. The van der Waals surface area contributed by atoms with Crippen molar-refractivity contribution in [3.63, 3.8) is 0 Å². The summed E-state index contributed by atoms with van der Waals surface area (Å²) in [6.07, 6.45) is 0.799. The van der Waals surface area contributed by atoms with Gasteiger partial charge in [-0.15, -0.1) is 0 Å². The van der Waals surface area contributed by atoms with E-state index in [-0.39, 0.29) is 19.0 Å². The van der Waals surface area contributed by atoms with Crippen molar-refractivity contribution in [2.75, 3.05) is 18.0 Å². The van der Waals surface area contributed by atoms with Gasteiger partial charge in [0.25, 0.3) is 0 Å². The molecule has 1 amide bonds. The predicted molar refractivity (Wildman–Crippen MR) is 110 cm³/mol. The predicted octanol–water partition coefficient (Wildman–Crippen LogP) is 3.51. The first-order valence-electron chi connectivity index (χ1n) is 9.11. The minimum atomic E-state index is -3.65. The number of carbonyl (C=O) groups excluding carboxylic acids is 1. The average Bonchev–Trinajstić information content (AvgIpc) is 2.57. The van der Waals surface area contributed by atoms with Gasteiger partial charge < -0.3 is 4.90 Å². The van der Waals surface area contributed by atoms with Gasteiger partial charge in [-0.1, -0.05) is 42.8 Å². The molecule has 0 aromatic heterocycles. The monoisotopic (exact) mass is 388 g/mol. The fourth-order valence-corrected chi connectivity index (χ4v) is 4.95. The Morgan fingerprint density at radius 3 is 2.22 bits per heavy atom. The molecule has 2 rings (SSSR count). The molecular formula is C21H28N2O3S. The zero-order valence-electron chi connectivity index (χ0n) is 16.7. The molecule has 27 heavy (non-hydrogen) atoms. The van der Waals surface area contributed by atoms with Gasteiger partial charge in [0.1, 0.15) is 0 Å². The van der Waals surface area contributed by atoms with E-state index in [2.05, 4.69) is 4.72 Å². The van der Waals surface area contributed by atoms with E-state index in [1.165, 1.54) is 6.92 Å². The lowest BCUT2D eigenvalue weighted by atomic mass is 10.1. The number of hydrogen-bond acceptors (Lipinski definition) is 3. The molecule has 6 heteroatoms. The number of aryl methyl sites for hydroxylation is 4. The molecule has 0 bridgehead atoms. The first-order valence-corrected chi connectivity index (χ1v) is 10.6. The Morgan fingerprint density at radius 1 is 1.07 bits per heavy atom. The summed E-state index contributed by atoms with van der Waals surface area (Å²) >= 11 is 0. The molecule has 0 saturated carbocycles. The molecule has 0 atom stereocenters. The molecule has 0 aliphatic rings. The van der Waals surface area contributed by atoms with E-state index in [0.717, 1.165) is 34.4 Å². The van der Waals surface area contributed by atoms with Crippen molar-refractivity contribution in [2.45, 2.75) is 45.9 Å². The van der Waals surface area contributed by atoms with Crippen molar-refractivity contribution >= 4 is 21.6 Å². The largest absolute Gasteiger partial charge is 0.311 e. The summed E-state index contributed by atoms with van der Waals surface area (Å²) in [5.41, 5.74) is 4.36. The van der Waals surface area contributed by atoms with E-state index < -0.39 is 10.0 Å². The number of carbonyl (C=O) groups is 1. The van der Waals surface area contributed by atoms with Gasteiger partial charge >= 0.3 is 0 Å². The van der Waals surface area contributed by atoms with Gasteiger partial charge in [0.05, 0.1) is 4.90 Å². The van der Waals surface area contributed by atoms with Crippen LogP contribution < -0.4 is 9.62 Å². The number of sulfonamides is 1. The smallest absolute Gasteiger partial charge is 0.241 e. The highest BCUT2D eigenvalue weighted by Gasteiger charge is 2.21. The molecular weight excluding hydrogens is 360 g/mol. The van der Waals surface area contributed by atoms with Crippen molar-refractivity contribution in [2.24, 2.45) is 0 Å². The highest BCUT2D eigenvalue weighted by molar-refractivity contribution is 7.89. The molecule has 0 radical (unpaired) electrons. The minimum absolute atomic E-state index is 0.113. The van der Waals surface area contributed by atoms with Crippen molar-refractivity contribution in [3.8, 4) is 0 Å². The summed E-state index contributed by atoms with van der Waals surface area (Å²) in [5.74, 6) is -0.113. The van der Waals surface area contributed by atoms with Crippen molar-refractivity contribution < 1.29 is 13.2 Å². The Kier molecular flexibility index (Phi) is 6.78. The van der Waals surface area contributed by atoms with Gasteiger partial charge in [-0.25, -0.2) is 13.1 Å². The first kappa shape index (κ1) is 21.1. The van der Waals surface area contributed by atoms with E-state index in [9.17, 15) is 13.2 Å². The van der Waals surface area contributed by atoms with E-state index in [1.807, 2.05) is 50.2 Å². The van der Waals surface area contributed by atoms with Gasteiger partial charge in [0, 0.05) is 25.7 Å². The molecule has 2 aromatic rings. The van der Waals surface area contributed by atoms with Crippen LogP contribution in [0.4, 0.5) is 5.69 Å². The lowest BCUT2D eigenvalue weighted by Gasteiger charge is -2.24. The highest BCUT2D eigenvalue weighted by atomic mass is 32.2. The van der Waals surface area contributed by atoms with Gasteiger partial charge in [0.15, 0.2) is 0 Å². The second-order valence-corrected chi connectivity index (χ2v) is 8.48. The van der Waals surface area contributed by atoms with Gasteiger partial charge in [0.2, 0.25) is 15.9 Å². The molecule has 1 N–H and O–H groups in total. The maximum Gasteiger partial charge on any atom is 0.241 e. The fraction of sp³-hybridized carbons (Fsp3) is 0.381. The Morgan fingerprint density at radius 2 is 1.67 bits per heavy atom. The molecule has 0 saturated heterocycles. The Bertz CT molecular complexity index is 913. The minimum Gasteiger partial charge on any atom is -0.311 e. The molecule has 0 aliphatic carbocycles. The van der Waals surface area contributed by atoms with Crippen LogP contribution in [0.5, 0.6) is 0 Å². The number of nitrogens with zero attached hydrogens (tertiary/aromatic N) is 1. The lowest BCUT2D eigenvalue weighted by molar-refractivity contribution is -0.116. The fourth-order valence-electron chi connectivity index (χ4n) is 3.48. The molecule has 2 aromatic carbocycles. The standard InChI is InChI=1S/C21H28N2O3S/c1-6-19-9-7-8-10-20(19)23(18(5)24)12-11-22-27(25,26)21-16(3)13-15(2)14-17(21)4/h7-10,13-14,22H,6,11-12H2,1-5H3. The summed E-state index contributed by atoms with van der Waals surface area (Å²) in [5, 5.41) is 0. The molecule has 0 heterocycles. The summed E-state index contributed by atoms with van der Waals surface area (Å²) in [4.78, 5) is 14.1. The topological polar surface area (TPSA) is 66.5 Å². The van der Waals surface area contributed by atoms with Crippen LogP contribution in [-0.2, 0) is 21.2 Å². The second kappa shape index (κ2) is 8.67.